The van der Waals surface area contributed by atoms with E-state index >= 15 is 0 Å². The van der Waals surface area contributed by atoms with Crippen LogP contribution in [-0.2, 0) is 0 Å². The van der Waals surface area contributed by atoms with Crippen molar-refractivity contribution in [1.29, 1.82) is 0 Å². The molecule has 1 N–H and O–H groups in total. The quantitative estimate of drug-likeness (QED) is 0.393. The van der Waals surface area contributed by atoms with E-state index < -0.39 is 0 Å². The second-order valence-electron chi connectivity index (χ2n) is 5.16. The van der Waals surface area contributed by atoms with E-state index in [0.717, 1.165) is 0 Å². The SMILES string of the molecule is C1=CC=CNC=C1.c1ccc2c(c1)sc1ccccc12.c1ccoc1. The third kappa shape index (κ3) is 4.96. The number of hydrogen-bond acceptors (Lipinski definition) is 3. The van der Waals surface area contributed by atoms with Gasteiger partial charge in [0.05, 0.1) is 12.5 Å². The number of allylic oxidation sites excluding steroid dienone is 4. The van der Waals surface area contributed by atoms with Gasteiger partial charge in [0.25, 0.3) is 0 Å². The highest BCUT2D eigenvalue weighted by molar-refractivity contribution is 7.25. The maximum atomic E-state index is 4.58. The second-order valence-corrected chi connectivity index (χ2v) is 6.24. The molecule has 0 saturated heterocycles. The molecule has 0 aliphatic carbocycles. The summed E-state index contributed by atoms with van der Waals surface area (Å²) in [6.45, 7) is 0. The Labute approximate surface area is 151 Å². The van der Waals surface area contributed by atoms with Crippen molar-refractivity contribution in [2.45, 2.75) is 0 Å². The largest absolute Gasteiger partial charge is 0.473 e. The summed E-state index contributed by atoms with van der Waals surface area (Å²) in [5.41, 5.74) is 0. The summed E-state index contributed by atoms with van der Waals surface area (Å²) in [4.78, 5) is 0. The fraction of sp³-hybridized carbons (Fsp3) is 0. The molecule has 0 unspecified atom stereocenters. The van der Waals surface area contributed by atoms with Crippen molar-refractivity contribution in [3.63, 3.8) is 0 Å². The molecule has 3 heteroatoms. The van der Waals surface area contributed by atoms with Crippen molar-refractivity contribution in [2.24, 2.45) is 0 Å². The van der Waals surface area contributed by atoms with Gasteiger partial charge in [0.1, 0.15) is 0 Å². The average Bonchev–Trinajstić information content (AvgIpc) is 3.27. The van der Waals surface area contributed by atoms with Gasteiger partial charge in [0.15, 0.2) is 0 Å². The summed E-state index contributed by atoms with van der Waals surface area (Å²) in [6, 6.07) is 20.8. The van der Waals surface area contributed by atoms with E-state index in [2.05, 4.69) is 58.3 Å². The van der Waals surface area contributed by atoms with E-state index in [-0.39, 0.29) is 0 Å². The highest BCUT2D eigenvalue weighted by Crippen LogP contribution is 2.32. The monoisotopic (exact) mass is 345 g/mol. The molecule has 0 atom stereocenters. The van der Waals surface area contributed by atoms with Gasteiger partial charge in [-0.15, -0.1) is 11.3 Å². The van der Waals surface area contributed by atoms with E-state index in [9.17, 15) is 0 Å². The highest BCUT2D eigenvalue weighted by Gasteiger charge is 2.01. The van der Waals surface area contributed by atoms with E-state index in [1.807, 2.05) is 60.2 Å². The molecule has 25 heavy (non-hydrogen) atoms. The number of rotatable bonds is 0. The van der Waals surface area contributed by atoms with E-state index in [4.69, 9.17) is 0 Å². The van der Waals surface area contributed by atoms with E-state index in [0.29, 0.717) is 0 Å². The fourth-order valence-electron chi connectivity index (χ4n) is 2.31. The van der Waals surface area contributed by atoms with Crippen molar-refractivity contribution < 1.29 is 4.42 Å². The Hall–Kier alpha value is -3.04. The smallest absolute Gasteiger partial charge is 0.0902 e. The number of benzene rings is 2. The summed E-state index contributed by atoms with van der Waals surface area (Å²) >= 11 is 1.86. The Morgan fingerprint density at radius 2 is 1.12 bits per heavy atom. The van der Waals surface area contributed by atoms with E-state index in [1.165, 1.54) is 20.2 Å². The number of thiophene rings is 1. The van der Waals surface area contributed by atoms with Crippen LogP contribution in [0.2, 0.25) is 0 Å². The minimum Gasteiger partial charge on any atom is -0.473 e. The fourth-order valence-corrected chi connectivity index (χ4v) is 3.41. The Morgan fingerprint density at radius 1 is 0.600 bits per heavy atom. The Morgan fingerprint density at radius 3 is 1.60 bits per heavy atom. The second kappa shape index (κ2) is 9.30. The summed E-state index contributed by atoms with van der Waals surface area (Å²) in [5.74, 6) is 0. The van der Waals surface area contributed by atoms with Gasteiger partial charge in [-0.3, -0.25) is 0 Å². The van der Waals surface area contributed by atoms with Crippen molar-refractivity contribution in [2.75, 3.05) is 0 Å². The van der Waals surface area contributed by atoms with Crippen LogP contribution in [0.15, 0.2) is 114 Å². The van der Waals surface area contributed by atoms with Gasteiger partial charge in [-0.1, -0.05) is 48.6 Å². The molecule has 0 radical (unpaired) electrons. The Kier molecular flexibility index (Phi) is 6.25. The molecule has 2 aromatic heterocycles. The standard InChI is InChI=1S/C12H8S.C6H7N.C4H4O/c1-3-7-11-9(5-1)10-6-2-4-8-12(10)13-11;1-2-4-6-7-5-3-1;1-2-4-5-3-1/h1-8H;1-7H;1-4H. The van der Waals surface area contributed by atoms with Crippen LogP contribution in [0.5, 0.6) is 0 Å². The molecular formula is C22H19NOS. The van der Waals surface area contributed by atoms with Crippen molar-refractivity contribution >= 4 is 31.5 Å². The topological polar surface area (TPSA) is 25.2 Å². The molecule has 3 heterocycles. The normalized spacial score (nSPS) is 11.8. The first-order chi connectivity index (χ1) is 12.4. The lowest BCUT2D eigenvalue weighted by Crippen LogP contribution is -1.87. The van der Waals surface area contributed by atoms with Crippen LogP contribution < -0.4 is 5.32 Å². The molecule has 1 aliphatic heterocycles. The number of hydrogen-bond donors (Lipinski definition) is 1. The lowest BCUT2D eigenvalue weighted by molar-refractivity contribution is 0.567. The molecule has 1 aliphatic rings. The van der Waals surface area contributed by atoms with E-state index in [1.54, 1.807) is 12.5 Å². The van der Waals surface area contributed by atoms with Crippen molar-refractivity contribution in [3.8, 4) is 0 Å². The van der Waals surface area contributed by atoms with Crippen molar-refractivity contribution in [1.82, 2.24) is 5.32 Å². The molecule has 0 saturated carbocycles. The zero-order valence-electron chi connectivity index (χ0n) is 13.7. The van der Waals surface area contributed by atoms with Gasteiger partial charge >= 0.3 is 0 Å². The minimum absolute atomic E-state index is 1.38. The third-order valence-corrected chi connectivity index (χ3v) is 4.58. The molecule has 0 amide bonds. The van der Waals surface area contributed by atoms with Crippen LogP contribution in [0.4, 0.5) is 0 Å². The predicted molar refractivity (Wildman–Crippen MR) is 109 cm³/mol. The van der Waals surface area contributed by atoms with Crippen LogP contribution in [0.1, 0.15) is 0 Å². The van der Waals surface area contributed by atoms with Crippen LogP contribution in [0.25, 0.3) is 20.2 Å². The lowest BCUT2D eigenvalue weighted by atomic mass is 10.2. The van der Waals surface area contributed by atoms with Gasteiger partial charge in [0.2, 0.25) is 0 Å². The zero-order chi connectivity index (χ0) is 17.2. The van der Waals surface area contributed by atoms with Crippen LogP contribution >= 0.6 is 11.3 Å². The molecule has 4 aromatic rings. The maximum Gasteiger partial charge on any atom is 0.0902 e. The summed E-state index contributed by atoms with van der Waals surface area (Å²) < 4.78 is 7.34. The Balaban J connectivity index is 0.000000127. The van der Waals surface area contributed by atoms with Gasteiger partial charge in [0, 0.05) is 32.6 Å². The van der Waals surface area contributed by atoms with Gasteiger partial charge in [-0.2, -0.15) is 0 Å². The lowest BCUT2D eigenvalue weighted by Gasteiger charge is -1.88. The first-order valence-corrected chi connectivity index (χ1v) is 8.84. The summed E-state index contributed by atoms with van der Waals surface area (Å²) in [5, 5.41) is 5.68. The predicted octanol–water partition coefficient (Wildman–Crippen LogP) is 6.51. The number of fused-ring (bicyclic) bond motifs is 3. The Bertz CT molecular complexity index is 896. The highest BCUT2D eigenvalue weighted by atomic mass is 32.1. The van der Waals surface area contributed by atoms with Crippen LogP contribution in [-0.4, -0.2) is 0 Å². The van der Waals surface area contributed by atoms with Crippen LogP contribution in [0.3, 0.4) is 0 Å². The third-order valence-electron chi connectivity index (χ3n) is 3.43. The van der Waals surface area contributed by atoms with Gasteiger partial charge in [-0.25, -0.2) is 0 Å². The molecule has 2 aromatic carbocycles. The summed E-state index contributed by atoms with van der Waals surface area (Å²) in [6.07, 6.45) is 14.8. The number of furan rings is 1. The van der Waals surface area contributed by atoms with Crippen LogP contribution in [0, 0.1) is 0 Å². The molecule has 0 spiro atoms. The van der Waals surface area contributed by atoms with Crippen molar-refractivity contribution in [3.05, 3.63) is 110 Å². The molecule has 124 valence electrons. The summed E-state index contributed by atoms with van der Waals surface area (Å²) in [7, 11) is 0. The molecule has 5 rings (SSSR count). The molecular weight excluding hydrogens is 326 g/mol. The van der Waals surface area contributed by atoms with Gasteiger partial charge in [-0.05, 0) is 36.4 Å². The first-order valence-electron chi connectivity index (χ1n) is 8.03. The number of nitrogens with one attached hydrogen (secondary N) is 1. The first kappa shape index (κ1) is 16.8. The minimum atomic E-state index is 1.38. The molecule has 0 fully saturated rings. The average molecular weight is 345 g/mol. The zero-order valence-corrected chi connectivity index (χ0v) is 14.5. The molecule has 0 bridgehead atoms. The van der Waals surface area contributed by atoms with Gasteiger partial charge < -0.3 is 9.73 Å². The molecule has 2 nitrogen and oxygen atoms in total. The maximum absolute atomic E-state index is 4.58.